The Hall–Kier alpha value is -0.0700. The number of hydrogen-bond donors (Lipinski definition) is 4. The maximum atomic E-state index is 9.56. The monoisotopic (exact) mass is 482 g/mol. The third kappa shape index (κ3) is 322. The van der Waals surface area contributed by atoms with Crippen LogP contribution in [0.5, 0.6) is 0 Å². The van der Waals surface area contributed by atoms with Crippen molar-refractivity contribution in [3.05, 3.63) is 0 Å². The second-order valence-corrected chi connectivity index (χ2v) is 4.05. The Labute approximate surface area is 222 Å². The normalized spacial score (nSPS) is 6.50. The molecule has 0 heterocycles. The molecule has 0 aliphatic heterocycles. The largest absolute Gasteiger partial charge is 1.00 e. The summed E-state index contributed by atoms with van der Waals surface area (Å²) in [6, 6.07) is 0. The Balaban J connectivity index is -0.0000000248. The van der Waals surface area contributed by atoms with Crippen LogP contribution in [0.4, 0.5) is 0 Å². The number of Topliss-reactive ketones (excluding diaryl/α,β-unsaturated/α-hetero) is 4. The van der Waals surface area contributed by atoms with Crippen LogP contribution < -0.4 is 59.1 Å². The van der Waals surface area contributed by atoms with Crippen molar-refractivity contribution >= 4 is 48.1 Å². The molecule has 0 amide bonds. The fourth-order valence-corrected chi connectivity index (χ4v) is 0. The molecule has 0 fully saturated rings. The summed E-state index contributed by atoms with van der Waals surface area (Å²) in [7, 11) is 0. The van der Waals surface area contributed by atoms with Crippen LogP contribution in [0.15, 0.2) is 0 Å². The van der Waals surface area contributed by atoms with Crippen LogP contribution >= 0.6 is 0 Å². The zero-order valence-electron chi connectivity index (χ0n) is 18.1. The standard InChI is InChI=1S/4C3H6O2.2CH2O.2Na.H2O3S/c4*1-3(5)2-4;2*1-2;;;1-4(2)3/h4*4H,2H2,1H3;2*1H2;;;(H2,1,2,3)/q;;;;;;2*+1;/p-2. The zero-order valence-corrected chi connectivity index (χ0v) is 22.9. The molecule has 0 aromatic rings. The number of hydrogen-bond acceptors (Lipinski definition) is 13. The van der Waals surface area contributed by atoms with Gasteiger partial charge in [0.15, 0.2) is 23.1 Å². The molecule has 0 spiro atoms. The number of aliphatic hydroxyl groups excluding tert-OH is 4. The minimum atomic E-state index is -3.11. The predicted molar refractivity (Wildman–Crippen MR) is 95.0 cm³/mol. The van der Waals surface area contributed by atoms with Gasteiger partial charge in [0.05, 0.1) is 0 Å². The Kier molecular flexibility index (Phi) is 120. The van der Waals surface area contributed by atoms with Gasteiger partial charge in [-0.05, 0) is 27.7 Å². The van der Waals surface area contributed by atoms with Gasteiger partial charge in [-0.3, -0.25) is 23.4 Å². The molecule has 0 atom stereocenters. The van der Waals surface area contributed by atoms with E-state index in [1.54, 1.807) is 0 Å². The number of aliphatic hydroxyl groups is 4. The number of carbonyl (C=O) groups excluding carboxylic acids is 6. The van der Waals surface area contributed by atoms with Crippen molar-refractivity contribution in [1.82, 2.24) is 0 Å². The third-order valence-corrected chi connectivity index (χ3v) is 0.891. The first-order valence-electron chi connectivity index (χ1n) is 6.57. The van der Waals surface area contributed by atoms with Gasteiger partial charge in [-0.15, -0.1) is 11.4 Å². The van der Waals surface area contributed by atoms with Crippen LogP contribution in [0.1, 0.15) is 27.7 Å². The summed E-state index contributed by atoms with van der Waals surface area (Å²) in [5.74, 6) is -0.759. The molecule has 0 radical (unpaired) electrons. The molecule has 30 heavy (non-hydrogen) atoms. The molecule has 0 saturated heterocycles. The van der Waals surface area contributed by atoms with Gasteiger partial charge in [-0.1, -0.05) is 0 Å². The van der Waals surface area contributed by atoms with E-state index in [0.717, 1.165) is 0 Å². The Morgan fingerprint density at radius 3 is 0.633 bits per heavy atom. The molecule has 0 rings (SSSR count). The van der Waals surface area contributed by atoms with Gasteiger partial charge in [0.25, 0.3) is 0 Å². The SMILES string of the molecule is C=O.C=O.CC(=O)CO.CC(=O)CO.CC(=O)CO.CC(=O)CO.O=S([O-])[O-].[Na+].[Na+]. The second kappa shape index (κ2) is 63.0. The molecule has 0 bridgehead atoms. The van der Waals surface area contributed by atoms with Crippen LogP contribution in [0.2, 0.25) is 0 Å². The summed E-state index contributed by atoms with van der Waals surface area (Å²) in [6.07, 6.45) is 0. The summed E-state index contributed by atoms with van der Waals surface area (Å²) < 4.78 is 25.3. The van der Waals surface area contributed by atoms with Crippen molar-refractivity contribution < 1.29 is 122 Å². The summed E-state index contributed by atoms with van der Waals surface area (Å²) in [5, 5.41) is 31.2. The third-order valence-electron chi connectivity index (χ3n) is 0.891. The van der Waals surface area contributed by atoms with Crippen LogP contribution in [-0.4, -0.2) is 96.9 Å². The number of carbonyl (C=O) groups is 6. The van der Waals surface area contributed by atoms with Gasteiger partial charge in [-0.25, -0.2) is 0 Å². The van der Waals surface area contributed by atoms with Gasteiger partial charge in [0.2, 0.25) is 0 Å². The molecule has 0 unspecified atom stereocenters. The van der Waals surface area contributed by atoms with Gasteiger partial charge in [0, 0.05) is 0 Å². The number of ketones is 4. The molecule has 0 aromatic carbocycles. The van der Waals surface area contributed by atoms with E-state index in [1.165, 1.54) is 27.7 Å². The minimum Gasteiger partial charge on any atom is -0.784 e. The minimum absolute atomic E-state index is 0. The van der Waals surface area contributed by atoms with Crippen molar-refractivity contribution in [3.63, 3.8) is 0 Å². The van der Waals surface area contributed by atoms with Gasteiger partial charge in [0.1, 0.15) is 40.0 Å². The maximum Gasteiger partial charge on any atom is 1.00 e. The Morgan fingerprint density at radius 1 is 0.600 bits per heavy atom. The molecular formula is C14H28Na2O13S. The van der Waals surface area contributed by atoms with E-state index in [-0.39, 0.29) is 109 Å². The molecule has 0 aliphatic carbocycles. The van der Waals surface area contributed by atoms with Crippen molar-refractivity contribution in [2.45, 2.75) is 27.7 Å². The number of rotatable bonds is 4. The van der Waals surface area contributed by atoms with Crippen LogP contribution in [-0.2, 0) is 40.1 Å². The molecular weight excluding hydrogens is 454 g/mol. The second-order valence-electron chi connectivity index (χ2n) is 3.64. The Bertz CT molecular complexity index is 334. The van der Waals surface area contributed by atoms with Crippen molar-refractivity contribution in [2.24, 2.45) is 0 Å². The fraction of sp³-hybridized carbons (Fsp3) is 0.571. The van der Waals surface area contributed by atoms with Crippen molar-refractivity contribution in [1.29, 1.82) is 0 Å². The predicted octanol–water partition coefficient (Wildman–Crippen LogP) is -9.10. The molecule has 0 aliphatic rings. The molecule has 13 nitrogen and oxygen atoms in total. The van der Waals surface area contributed by atoms with Crippen molar-refractivity contribution in [2.75, 3.05) is 26.4 Å². The zero-order chi connectivity index (χ0) is 24.7. The van der Waals surface area contributed by atoms with E-state index in [4.69, 9.17) is 43.3 Å². The summed E-state index contributed by atoms with van der Waals surface area (Å²) in [5.41, 5.74) is 0. The van der Waals surface area contributed by atoms with Gasteiger partial charge in [-0.2, -0.15) is 0 Å². The molecule has 4 N–H and O–H groups in total. The topological polar surface area (TPSA) is 247 Å². The van der Waals surface area contributed by atoms with E-state index >= 15 is 0 Å². The first-order chi connectivity index (χ1) is 12.8. The van der Waals surface area contributed by atoms with E-state index in [9.17, 15) is 19.2 Å². The maximum absolute atomic E-state index is 9.56. The molecule has 0 saturated carbocycles. The van der Waals surface area contributed by atoms with E-state index < -0.39 is 11.4 Å². The van der Waals surface area contributed by atoms with Crippen LogP contribution in [0, 0.1) is 0 Å². The Morgan fingerprint density at radius 2 is 0.633 bits per heavy atom. The fourth-order valence-electron chi connectivity index (χ4n) is 0. The quantitative estimate of drug-likeness (QED) is 0.215. The van der Waals surface area contributed by atoms with E-state index in [2.05, 4.69) is 0 Å². The molecule has 170 valence electrons. The van der Waals surface area contributed by atoms with Gasteiger partial charge < -0.3 is 39.1 Å². The average Bonchev–Trinajstić information content (AvgIpc) is 2.65. The van der Waals surface area contributed by atoms with Crippen LogP contribution in [0.3, 0.4) is 0 Å². The van der Waals surface area contributed by atoms with E-state index in [1.807, 2.05) is 13.6 Å². The molecule has 0 aromatic heterocycles. The summed E-state index contributed by atoms with van der Waals surface area (Å²) >= 11 is -3.11. The van der Waals surface area contributed by atoms with E-state index in [0.29, 0.717) is 0 Å². The van der Waals surface area contributed by atoms with Crippen LogP contribution in [0.25, 0.3) is 0 Å². The summed E-state index contributed by atoms with van der Waals surface area (Å²) in [4.78, 5) is 54.2. The average molecular weight is 482 g/mol. The summed E-state index contributed by atoms with van der Waals surface area (Å²) in [6.45, 7) is 8.00. The first kappa shape index (κ1) is 57.2. The van der Waals surface area contributed by atoms with Gasteiger partial charge >= 0.3 is 59.1 Å². The molecule has 16 heteroatoms. The van der Waals surface area contributed by atoms with Crippen molar-refractivity contribution in [3.8, 4) is 0 Å². The first-order valence-corrected chi connectivity index (χ1v) is 7.57. The smallest absolute Gasteiger partial charge is 0.784 e.